The van der Waals surface area contributed by atoms with Gasteiger partial charge in [0.25, 0.3) is 0 Å². The maximum absolute atomic E-state index is 3.47. The first kappa shape index (κ1) is 12.7. The van der Waals surface area contributed by atoms with Crippen molar-refractivity contribution in [3.8, 4) is 0 Å². The zero-order valence-corrected chi connectivity index (χ0v) is 10.6. The summed E-state index contributed by atoms with van der Waals surface area (Å²) in [5, 5.41) is 3.47. The average Bonchev–Trinajstić information content (AvgIpc) is 2.68. The van der Waals surface area contributed by atoms with E-state index in [9.17, 15) is 0 Å². The van der Waals surface area contributed by atoms with Crippen LogP contribution >= 0.6 is 0 Å². The lowest BCUT2D eigenvalue weighted by Crippen LogP contribution is -2.20. The second kappa shape index (κ2) is 7.51. The summed E-state index contributed by atoms with van der Waals surface area (Å²) in [6, 6.07) is 10.5. The van der Waals surface area contributed by atoms with Crippen LogP contribution in [-0.4, -0.2) is 18.0 Å². The minimum absolute atomic E-state index is 0.952. The molecule has 2 nitrogen and oxygen atoms in total. The molecule has 1 aromatic carbocycles. The van der Waals surface area contributed by atoms with E-state index in [2.05, 4.69) is 65.1 Å². The van der Waals surface area contributed by atoms with Crippen molar-refractivity contribution in [3.05, 3.63) is 72.6 Å². The SMILES string of the molecule is C1=CC=CN(CCCNCc2ccccc2)C=C1. The highest BCUT2D eigenvalue weighted by molar-refractivity contribution is 5.15. The summed E-state index contributed by atoms with van der Waals surface area (Å²) in [6.45, 7) is 3.05. The van der Waals surface area contributed by atoms with E-state index in [4.69, 9.17) is 0 Å². The molecule has 0 bridgehead atoms. The maximum atomic E-state index is 3.47. The Morgan fingerprint density at radius 3 is 2.33 bits per heavy atom. The van der Waals surface area contributed by atoms with Crippen LogP contribution < -0.4 is 5.32 Å². The standard InChI is InChI=1S/C16H20N2/c1-2-7-13-18(12-6-1)14-8-11-17-15-16-9-4-3-5-10-16/h1-7,9-10,12-13,17H,8,11,14-15H2. The Morgan fingerprint density at radius 1 is 0.889 bits per heavy atom. The zero-order chi connectivity index (χ0) is 12.5. The molecule has 2 rings (SSSR count). The number of rotatable bonds is 6. The first-order valence-electron chi connectivity index (χ1n) is 6.47. The first-order chi connectivity index (χ1) is 8.95. The number of nitrogens with zero attached hydrogens (tertiary/aromatic N) is 1. The molecular formula is C16H20N2. The van der Waals surface area contributed by atoms with Gasteiger partial charge in [-0.1, -0.05) is 42.5 Å². The molecule has 0 spiro atoms. The summed E-state index contributed by atoms with van der Waals surface area (Å²) >= 11 is 0. The van der Waals surface area contributed by atoms with Crippen LogP contribution in [0, 0.1) is 0 Å². The van der Waals surface area contributed by atoms with Gasteiger partial charge in [0.15, 0.2) is 0 Å². The van der Waals surface area contributed by atoms with E-state index >= 15 is 0 Å². The van der Waals surface area contributed by atoms with Gasteiger partial charge in [-0.15, -0.1) is 0 Å². The Kier molecular flexibility index (Phi) is 5.28. The number of allylic oxidation sites excluding steroid dienone is 4. The molecule has 1 aromatic rings. The lowest BCUT2D eigenvalue weighted by molar-refractivity contribution is 0.475. The molecule has 1 aliphatic rings. The van der Waals surface area contributed by atoms with Crippen molar-refractivity contribution in [1.82, 2.24) is 10.2 Å². The largest absolute Gasteiger partial charge is 0.354 e. The molecule has 18 heavy (non-hydrogen) atoms. The van der Waals surface area contributed by atoms with Crippen LogP contribution in [0.15, 0.2) is 67.0 Å². The van der Waals surface area contributed by atoms with E-state index in [1.165, 1.54) is 5.56 Å². The van der Waals surface area contributed by atoms with Gasteiger partial charge in [0, 0.05) is 25.5 Å². The summed E-state index contributed by atoms with van der Waals surface area (Å²) in [5.41, 5.74) is 1.34. The van der Waals surface area contributed by atoms with Gasteiger partial charge in [-0.25, -0.2) is 0 Å². The zero-order valence-electron chi connectivity index (χ0n) is 10.6. The van der Waals surface area contributed by atoms with Gasteiger partial charge in [0.1, 0.15) is 0 Å². The van der Waals surface area contributed by atoms with Gasteiger partial charge in [-0.3, -0.25) is 0 Å². The first-order valence-corrected chi connectivity index (χ1v) is 6.47. The Morgan fingerprint density at radius 2 is 1.61 bits per heavy atom. The number of hydrogen-bond donors (Lipinski definition) is 1. The molecule has 0 amide bonds. The van der Waals surface area contributed by atoms with E-state index in [1.54, 1.807) is 0 Å². The summed E-state index contributed by atoms with van der Waals surface area (Å²) in [4.78, 5) is 2.21. The van der Waals surface area contributed by atoms with Crippen LogP contribution in [0.1, 0.15) is 12.0 Å². The van der Waals surface area contributed by atoms with Crippen LogP contribution in [0.2, 0.25) is 0 Å². The van der Waals surface area contributed by atoms with Gasteiger partial charge in [-0.05, 0) is 30.7 Å². The van der Waals surface area contributed by atoms with E-state index in [-0.39, 0.29) is 0 Å². The van der Waals surface area contributed by atoms with Crippen LogP contribution in [0.25, 0.3) is 0 Å². The Hall–Kier alpha value is -1.80. The lowest BCUT2D eigenvalue weighted by atomic mass is 10.2. The normalized spacial score (nSPS) is 13.9. The van der Waals surface area contributed by atoms with Crippen LogP contribution in [0.3, 0.4) is 0 Å². The third-order valence-corrected chi connectivity index (χ3v) is 2.83. The summed E-state index contributed by atoms with van der Waals surface area (Å²) in [6.07, 6.45) is 13.6. The molecular weight excluding hydrogens is 220 g/mol. The molecule has 0 radical (unpaired) electrons. The van der Waals surface area contributed by atoms with E-state index in [0.29, 0.717) is 0 Å². The Bertz CT molecular complexity index is 402. The molecule has 0 saturated carbocycles. The molecule has 2 heteroatoms. The van der Waals surface area contributed by atoms with Crippen molar-refractivity contribution in [3.63, 3.8) is 0 Å². The lowest BCUT2D eigenvalue weighted by Gasteiger charge is -2.14. The highest BCUT2D eigenvalue weighted by Gasteiger charge is 1.95. The average molecular weight is 240 g/mol. The second-order valence-corrected chi connectivity index (χ2v) is 4.32. The van der Waals surface area contributed by atoms with Crippen LogP contribution in [-0.2, 0) is 6.54 Å². The summed E-state index contributed by atoms with van der Waals surface area (Å²) in [7, 11) is 0. The summed E-state index contributed by atoms with van der Waals surface area (Å²) in [5.74, 6) is 0. The smallest absolute Gasteiger partial charge is 0.0231 e. The molecule has 0 fully saturated rings. The van der Waals surface area contributed by atoms with E-state index < -0.39 is 0 Å². The topological polar surface area (TPSA) is 15.3 Å². The molecule has 0 unspecified atom stereocenters. The summed E-state index contributed by atoms with van der Waals surface area (Å²) < 4.78 is 0. The number of benzene rings is 1. The van der Waals surface area contributed by atoms with Gasteiger partial charge < -0.3 is 10.2 Å². The Labute approximate surface area is 109 Å². The van der Waals surface area contributed by atoms with Crippen molar-refractivity contribution in [1.29, 1.82) is 0 Å². The fraction of sp³-hybridized carbons (Fsp3) is 0.250. The highest BCUT2D eigenvalue weighted by atomic mass is 15.1. The van der Waals surface area contributed by atoms with Crippen molar-refractivity contribution >= 4 is 0 Å². The maximum Gasteiger partial charge on any atom is 0.0231 e. The predicted octanol–water partition coefficient (Wildman–Crippen LogP) is 3.07. The molecule has 1 heterocycles. The fourth-order valence-corrected chi connectivity index (χ4v) is 1.86. The van der Waals surface area contributed by atoms with Crippen molar-refractivity contribution in [2.24, 2.45) is 0 Å². The van der Waals surface area contributed by atoms with Crippen molar-refractivity contribution in [2.75, 3.05) is 13.1 Å². The monoisotopic (exact) mass is 240 g/mol. The fourth-order valence-electron chi connectivity index (χ4n) is 1.86. The molecule has 0 aromatic heterocycles. The van der Waals surface area contributed by atoms with Crippen molar-refractivity contribution in [2.45, 2.75) is 13.0 Å². The molecule has 1 aliphatic heterocycles. The molecule has 0 atom stereocenters. The Balaban J connectivity index is 1.59. The molecule has 94 valence electrons. The molecule has 0 aliphatic carbocycles. The van der Waals surface area contributed by atoms with E-state index in [0.717, 1.165) is 26.1 Å². The minimum Gasteiger partial charge on any atom is -0.354 e. The second-order valence-electron chi connectivity index (χ2n) is 4.32. The van der Waals surface area contributed by atoms with Gasteiger partial charge >= 0.3 is 0 Å². The third-order valence-electron chi connectivity index (χ3n) is 2.83. The molecule has 1 N–H and O–H groups in total. The van der Waals surface area contributed by atoms with Crippen molar-refractivity contribution < 1.29 is 0 Å². The van der Waals surface area contributed by atoms with Crippen LogP contribution in [0.4, 0.5) is 0 Å². The van der Waals surface area contributed by atoms with Gasteiger partial charge in [0.05, 0.1) is 0 Å². The predicted molar refractivity (Wildman–Crippen MR) is 76.9 cm³/mol. The number of hydrogen-bond acceptors (Lipinski definition) is 2. The van der Waals surface area contributed by atoms with E-state index in [1.807, 2.05) is 12.2 Å². The van der Waals surface area contributed by atoms with Gasteiger partial charge in [-0.2, -0.15) is 0 Å². The molecule has 0 saturated heterocycles. The number of nitrogens with one attached hydrogen (secondary N) is 1. The van der Waals surface area contributed by atoms with Gasteiger partial charge in [0.2, 0.25) is 0 Å². The van der Waals surface area contributed by atoms with Crippen LogP contribution in [0.5, 0.6) is 0 Å². The quantitative estimate of drug-likeness (QED) is 0.769. The third kappa shape index (κ3) is 4.60. The minimum atomic E-state index is 0.952. The highest BCUT2D eigenvalue weighted by Crippen LogP contribution is 2.00.